The number of para-hydroxylation sites is 1. The van der Waals surface area contributed by atoms with E-state index in [1.54, 1.807) is 0 Å². The molecule has 0 radical (unpaired) electrons. The molecule has 0 N–H and O–H groups in total. The number of ether oxygens (including phenoxy) is 2. The second-order valence-corrected chi connectivity index (χ2v) is 10.5. The van der Waals surface area contributed by atoms with Crippen LogP contribution in [0.3, 0.4) is 0 Å². The van der Waals surface area contributed by atoms with Crippen molar-refractivity contribution in [3.05, 3.63) is 65.7 Å². The Morgan fingerprint density at radius 2 is 1.31 bits per heavy atom. The van der Waals surface area contributed by atoms with Crippen molar-refractivity contribution in [1.29, 1.82) is 0 Å². The summed E-state index contributed by atoms with van der Waals surface area (Å²) in [5.41, 5.74) is 4.93. The Balaban J connectivity index is 1.43. The third-order valence-electron chi connectivity index (χ3n) is 7.60. The van der Waals surface area contributed by atoms with Crippen LogP contribution in [0.5, 0.6) is 23.0 Å². The number of fused-ring (bicyclic) bond motifs is 5. The van der Waals surface area contributed by atoms with Gasteiger partial charge in [-0.2, -0.15) is 0 Å². The van der Waals surface area contributed by atoms with Crippen molar-refractivity contribution in [3.8, 4) is 34.1 Å². The molecule has 0 spiro atoms. The first-order chi connectivity index (χ1) is 15.1. The van der Waals surface area contributed by atoms with Gasteiger partial charge < -0.3 is 18.8 Å². The third kappa shape index (κ3) is 2.58. The minimum absolute atomic E-state index is 0.101. The monoisotopic (exact) mass is 426 g/mol. The largest absolute Gasteiger partial charge is 0.498 e. The van der Waals surface area contributed by atoms with Crippen molar-refractivity contribution < 1.29 is 18.8 Å². The zero-order chi connectivity index (χ0) is 22.5. The summed E-state index contributed by atoms with van der Waals surface area (Å²) in [5, 5.41) is 0. The van der Waals surface area contributed by atoms with Gasteiger partial charge in [-0.05, 0) is 68.1 Å². The summed E-state index contributed by atoms with van der Waals surface area (Å²) >= 11 is 0. The lowest BCUT2D eigenvalue weighted by Gasteiger charge is -2.32. The molecule has 32 heavy (non-hydrogen) atoms. The number of benzene rings is 3. The molecule has 1 fully saturated rings. The lowest BCUT2D eigenvalue weighted by atomic mass is 9.78. The maximum absolute atomic E-state index is 6.49. The van der Waals surface area contributed by atoms with Gasteiger partial charge in [0.2, 0.25) is 0 Å². The van der Waals surface area contributed by atoms with Crippen molar-refractivity contribution in [2.75, 3.05) is 0 Å². The van der Waals surface area contributed by atoms with Crippen LogP contribution in [0.15, 0.2) is 54.6 Å². The molecular weight excluding hydrogens is 399 g/mol. The summed E-state index contributed by atoms with van der Waals surface area (Å²) in [6, 6.07) is 18.7. The number of rotatable bonds is 1. The zero-order valence-electron chi connectivity index (χ0n) is 19.4. The molecule has 3 aromatic rings. The minimum atomic E-state index is -0.518. The van der Waals surface area contributed by atoms with Crippen molar-refractivity contribution in [2.24, 2.45) is 0 Å². The van der Waals surface area contributed by atoms with Crippen LogP contribution < -0.4 is 14.9 Å². The van der Waals surface area contributed by atoms with Crippen molar-refractivity contribution in [1.82, 2.24) is 0 Å². The van der Waals surface area contributed by atoms with E-state index in [-0.39, 0.29) is 5.41 Å². The molecule has 2 heterocycles. The Morgan fingerprint density at radius 3 is 2.06 bits per heavy atom. The van der Waals surface area contributed by atoms with Gasteiger partial charge in [0, 0.05) is 10.9 Å². The molecule has 1 aliphatic carbocycles. The molecule has 1 saturated heterocycles. The zero-order valence-corrected chi connectivity index (χ0v) is 19.4. The Bertz CT molecular complexity index is 1260. The first-order valence-corrected chi connectivity index (χ1v) is 11.2. The quantitative estimate of drug-likeness (QED) is 0.340. The van der Waals surface area contributed by atoms with Crippen LogP contribution in [0.2, 0.25) is 0 Å². The van der Waals surface area contributed by atoms with Gasteiger partial charge in [0.1, 0.15) is 0 Å². The molecule has 5 heteroatoms. The van der Waals surface area contributed by atoms with Crippen molar-refractivity contribution >= 4 is 12.6 Å². The molecule has 3 aliphatic rings. The first-order valence-electron chi connectivity index (χ1n) is 11.2. The van der Waals surface area contributed by atoms with Gasteiger partial charge in [0.25, 0.3) is 0 Å². The Kier molecular flexibility index (Phi) is 3.84. The van der Waals surface area contributed by atoms with E-state index in [4.69, 9.17) is 18.8 Å². The van der Waals surface area contributed by atoms with E-state index in [0.29, 0.717) is 11.5 Å². The van der Waals surface area contributed by atoms with Gasteiger partial charge in [-0.15, -0.1) is 0 Å². The van der Waals surface area contributed by atoms with E-state index in [0.717, 1.165) is 17.0 Å². The van der Waals surface area contributed by atoms with Crippen LogP contribution in [0.1, 0.15) is 52.7 Å². The van der Waals surface area contributed by atoms with Gasteiger partial charge in [-0.25, -0.2) is 0 Å². The Morgan fingerprint density at radius 1 is 0.625 bits per heavy atom. The lowest BCUT2D eigenvalue weighted by Crippen LogP contribution is -2.41. The fourth-order valence-corrected chi connectivity index (χ4v) is 4.97. The van der Waals surface area contributed by atoms with E-state index in [2.05, 4.69) is 77.9 Å². The molecule has 0 bridgehead atoms. The smallest absolute Gasteiger partial charge is 0.450 e. The van der Waals surface area contributed by atoms with Crippen LogP contribution in [0.4, 0.5) is 0 Å². The lowest BCUT2D eigenvalue weighted by molar-refractivity contribution is 0.00578. The highest BCUT2D eigenvalue weighted by Crippen LogP contribution is 2.54. The SMILES string of the molecule is CC1(C)c2ccccc2-c2cc3c(cc21)Oc1c(cccc1B1OC(C)(C)C(C)(C)O1)O3. The van der Waals surface area contributed by atoms with Crippen LogP contribution in [-0.4, -0.2) is 18.3 Å². The number of hydrogen-bond acceptors (Lipinski definition) is 4. The van der Waals surface area contributed by atoms with E-state index in [1.807, 2.05) is 18.2 Å². The molecule has 0 atom stereocenters. The van der Waals surface area contributed by atoms with Crippen LogP contribution in [-0.2, 0) is 14.7 Å². The fraction of sp³-hybridized carbons (Fsp3) is 0.333. The van der Waals surface area contributed by atoms with E-state index < -0.39 is 18.3 Å². The predicted molar refractivity (Wildman–Crippen MR) is 126 cm³/mol. The molecule has 3 aromatic carbocycles. The second-order valence-electron chi connectivity index (χ2n) is 10.5. The maximum atomic E-state index is 6.49. The summed E-state index contributed by atoms with van der Waals surface area (Å²) < 4.78 is 25.4. The summed E-state index contributed by atoms with van der Waals surface area (Å²) in [5.74, 6) is 2.79. The molecule has 0 saturated carbocycles. The summed E-state index contributed by atoms with van der Waals surface area (Å²) in [4.78, 5) is 0. The Labute approximate surface area is 189 Å². The molecular formula is C27H27BO4. The maximum Gasteiger partial charge on any atom is 0.498 e. The third-order valence-corrected chi connectivity index (χ3v) is 7.60. The standard InChI is InChI=1S/C27H27BO4/c1-25(2)18-11-8-7-10-16(18)17-14-22-23(15-19(17)25)30-24-20(12-9-13-21(24)29-22)28-31-26(3,4)27(5,6)32-28/h7-15H,1-6H3. The fourth-order valence-electron chi connectivity index (χ4n) is 4.97. The molecule has 0 aromatic heterocycles. The summed E-state index contributed by atoms with van der Waals surface area (Å²) in [7, 11) is -0.518. The Hall–Kier alpha value is -2.76. The second kappa shape index (κ2) is 6.18. The molecule has 4 nitrogen and oxygen atoms in total. The van der Waals surface area contributed by atoms with E-state index in [1.165, 1.54) is 22.3 Å². The van der Waals surface area contributed by atoms with Crippen LogP contribution in [0.25, 0.3) is 11.1 Å². The van der Waals surface area contributed by atoms with Crippen LogP contribution >= 0.6 is 0 Å². The van der Waals surface area contributed by atoms with Gasteiger partial charge in [0.15, 0.2) is 23.0 Å². The van der Waals surface area contributed by atoms with Crippen LogP contribution in [0, 0.1) is 0 Å². The van der Waals surface area contributed by atoms with Gasteiger partial charge in [-0.1, -0.05) is 50.2 Å². The molecule has 0 amide bonds. The highest BCUT2D eigenvalue weighted by Gasteiger charge is 2.53. The van der Waals surface area contributed by atoms with Crippen molar-refractivity contribution in [3.63, 3.8) is 0 Å². The first kappa shape index (κ1) is 19.9. The van der Waals surface area contributed by atoms with E-state index in [9.17, 15) is 0 Å². The average Bonchev–Trinajstić information content (AvgIpc) is 3.10. The normalized spacial score (nSPS) is 20.5. The highest BCUT2D eigenvalue weighted by atomic mass is 16.7. The highest BCUT2D eigenvalue weighted by molar-refractivity contribution is 6.63. The molecule has 0 unspecified atom stereocenters. The summed E-state index contributed by atoms with van der Waals surface area (Å²) in [6.07, 6.45) is 0. The van der Waals surface area contributed by atoms with Gasteiger partial charge in [-0.3, -0.25) is 0 Å². The predicted octanol–water partition coefficient (Wildman–Crippen LogP) is 6.19. The average molecular weight is 426 g/mol. The topological polar surface area (TPSA) is 36.9 Å². The minimum Gasteiger partial charge on any atom is -0.450 e. The molecule has 162 valence electrons. The molecule has 2 aliphatic heterocycles. The molecule has 6 rings (SSSR count). The van der Waals surface area contributed by atoms with Gasteiger partial charge >= 0.3 is 7.12 Å². The van der Waals surface area contributed by atoms with Crippen molar-refractivity contribution in [2.45, 2.75) is 58.2 Å². The van der Waals surface area contributed by atoms with E-state index >= 15 is 0 Å². The van der Waals surface area contributed by atoms with Gasteiger partial charge in [0.05, 0.1) is 11.2 Å². The number of hydrogen-bond donors (Lipinski definition) is 0. The summed E-state index contributed by atoms with van der Waals surface area (Å²) in [6.45, 7) is 12.7.